The SMILES string of the molecule is CN(CCCCCC1CC(c2cccc(F)c2)NN1)C(=O)c1ccc(-c2ccccc2)[nH]c1=O. The molecular formula is C27H31FN4O2. The number of aromatic nitrogens is 1. The van der Waals surface area contributed by atoms with E-state index in [2.05, 4.69) is 15.8 Å². The Balaban J connectivity index is 1.19. The zero-order chi connectivity index (χ0) is 23.9. The Hall–Kier alpha value is -3.29. The number of pyridine rings is 1. The predicted octanol–water partition coefficient (Wildman–Crippen LogP) is 4.42. The molecule has 1 fully saturated rings. The van der Waals surface area contributed by atoms with Crippen LogP contribution in [0.5, 0.6) is 0 Å². The van der Waals surface area contributed by atoms with Gasteiger partial charge < -0.3 is 9.88 Å². The first kappa shape index (κ1) is 23.9. The highest BCUT2D eigenvalue weighted by Crippen LogP contribution is 2.25. The molecule has 1 aliphatic rings. The average molecular weight is 463 g/mol. The van der Waals surface area contributed by atoms with Crippen LogP contribution >= 0.6 is 0 Å². The number of H-pyrrole nitrogens is 1. The molecule has 178 valence electrons. The van der Waals surface area contributed by atoms with Crippen molar-refractivity contribution in [2.45, 2.75) is 44.2 Å². The predicted molar refractivity (Wildman–Crippen MR) is 132 cm³/mol. The van der Waals surface area contributed by atoms with E-state index in [1.54, 1.807) is 36.2 Å². The van der Waals surface area contributed by atoms with Gasteiger partial charge in [0.15, 0.2) is 0 Å². The minimum atomic E-state index is -0.370. The molecule has 34 heavy (non-hydrogen) atoms. The third-order valence-electron chi connectivity index (χ3n) is 6.35. The van der Waals surface area contributed by atoms with Crippen molar-refractivity contribution in [3.63, 3.8) is 0 Å². The first-order valence-electron chi connectivity index (χ1n) is 11.8. The van der Waals surface area contributed by atoms with Crippen LogP contribution in [-0.2, 0) is 0 Å². The molecule has 2 atom stereocenters. The van der Waals surface area contributed by atoms with Crippen molar-refractivity contribution in [1.82, 2.24) is 20.7 Å². The number of nitrogens with one attached hydrogen (secondary N) is 3. The second-order valence-corrected chi connectivity index (χ2v) is 8.89. The maximum Gasteiger partial charge on any atom is 0.261 e. The number of halogens is 1. The zero-order valence-corrected chi connectivity index (χ0v) is 19.4. The molecule has 7 heteroatoms. The number of benzene rings is 2. The Morgan fingerprint density at radius 2 is 1.82 bits per heavy atom. The molecule has 4 rings (SSSR count). The first-order valence-corrected chi connectivity index (χ1v) is 11.8. The van der Waals surface area contributed by atoms with Gasteiger partial charge in [-0.3, -0.25) is 20.4 Å². The molecular weight excluding hydrogens is 431 g/mol. The largest absolute Gasteiger partial charge is 0.342 e. The smallest absolute Gasteiger partial charge is 0.261 e. The molecule has 1 aromatic heterocycles. The fourth-order valence-corrected chi connectivity index (χ4v) is 4.41. The summed E-state index contributed by atoms with van der Waals surface area (Å²) in [4.78, 5) is 29.7. The number of carbonyl (C=O) groups is 1. The van der Waals surface area contributed by atoms with Crippen molar-refractivity contribution in [2.24, 2.45) is 0 Å². The van der Waals surface area contributed by atoms with E-state index < -0.39 is 0 Å². The van der Waals surface area contributed by atoms with Crippen LogP contribution in [0.1, 0.15) is 54.1 Å². The van der Waals surface area contributed by atoms with E-state index in [9.17, 15) is 14.0 Å². The van der Waals surface area contributed by atoms with Gasteiger partial charge >= 0.3 is 0 Å². The number of carbonyl (C=O) groups excluding carboxylic acids is 1. The number of hydrogen-bond donors (Lipinski definition) is 3. The number of amides is 1. The first-order chi connectivity index (χ1) is 16.5. The van der Waals surface area contributed by atoms with Gasteiger partial charge in [0.05, 0.1) is 0 Å². The summed E-state index contributed by atoms with van der Waals surface area (Å²) in [7, 11) is 1.74. The van der Waals surface area contributed by atoms with Gasteiger partial charge in [-0.1, -0.05) is 55.3 Å². The van der Waals surface area contributed by atoms with Gasteiger partial charge in [0, 0.05) is 31.4 Å². The summed E-state index contributed by atoms with van der Waals surface area (Å²) < 4.78 is 13.5. The number of unbranched alkanes of at least 4 members (excludes halogenated alkanes) is 2. The van der Waals surface area contributed by atoms with Crippen molar-refractivity contribution in [2.75, 3.05) is 13.6 Å². The van der Waals surface area contributed by atoms with Crippen LogP contribution in [0.2, 0.25) is 0 Å². The molecule has 1 aliphatic heterocycles. The van der Waals surface area contributed by atoms with Gasteiger partial charge in [-0.05, 0) is 54.7 Å². The molecule has 3 N–H and O–H groups in total. The zero-order valence-electron chi connectivity index (χ0n) is 19.4. The van der Waals surface area contributed by atoms with Crippen LogP contribution in [0.3, 0.4) is 0 Å². The lowest BCUT2D eigenvalue weighted by Gasteiger charge is -2.17. The van der Waals surface area contributed by atoms with Crippen LogP contribution in [0.15, 0.2) is 71.5 Å². The monoisotopic (exact) mass is 462 g/mol. The van der Waals surface area contributed by atoms with E-state index >= 15 is 0 Å². The van der Waals surface area contributed by atoms with Crippen molar-refractivity contribution in [3.8, 4) is 11.3 Å². The van der Waals surface area contributed by atoms with Gasteiger partial charge in [0.25, 0.3) is 11.5 Å². The van der Waals surface area contributed by atoms with E-state index in [0.717, 1.165) is 43.2 Å². The summed E-state index contributed by atoms with van der Waals surface area (Å²) in [5.74, 6) is -0.476. The minimum absolute atomic E-state index is 0.121. The van der Waals surface area contributed by atoms with Crippen molar-refractivity contribution >= 4 is 5.91 Å². The van der Waals surface area contributed by atoms with E-state index in [1.165, 1.54) is 6.07 Å². The molecule has 0 spiro atoms. The highest BCUT2D eigenvalue weighted by molar-refractivity contribution is 5.93. The Labute approximate surface area is 199 Å². The summed E-state index contributed by atoms with van der Waals surface area (Å²) in [6, 6.07) is 20.1. The number of aromatic amines is 1. The van der Waals surface area contributed by atoms with Crippen LogP contribution in [0, 0.1) is 5.82 Å². The van der Waals surface area contributed by atoms with Gasteiger partial charge in [-0.15, -0.1) is 0 Å². The van der Waals surface area contributed by atoms with Crippen LogP contribution in [0.25, 0.3) is 11.3 Å². The Morgan fingerprint density at radius 1 is 1.00 bits per heavy atom. The fourth-order valence-electron chi connectivity index (χ4n) is 4.41. The molecule has 0 saturated carbocycles. The Kier molecular flexibility index (Phi) is 7.87. The summed E-state index contributed by atoms with van der Waals surface area (Å²) in [5.41, 5.74) is 8.92. The molecule has 0 bridgehead atoms. The molecule has 2 aromatic carbocycles. The molecule has 1 amide bonds. The molecule has 2 unspecified atom stereocenters. The third kappa shape index (κ3) is 5.98. The Bertz CT molecular complexity index is 1160. The number of hydrazine groups is 1. The summed E-state index contributed by atoms with van der Waals surface area (Å²) in [6.07, 6.45) is 4.82. The Morgan fingerprint density at radius 3 is 2.59 bits per heavy atom. The maximum absolute atomic E-state index is 13.5. The highest BCUT2D eigenvalue weighted by atomic mass is 19.1. The minimum Gasteiger partial charge on any atom is -0.342 e. The van der Waals surface area contributed by atoms with Gasteiger partial charge in [0.2, 0.25) is 0 Å². The topological polar surface area (TPSA) is 77.2 Å². The van der Waals surface area contributed by atoms with Crippen molar-refractivity contribution in [1.29, 1.82) is 0 Å². The van der Waals surface area contributed by atoms with E-state index in [1.807, 2.05) is 36.4 Å². The summed E-state index contributed by atoms with van der Waals surface area (Å²) in [6.45, 7) is 0.598. The van der Waals surface area contributed by atoms with Crippen molar-refractivity contribution < 1.29 is 9.18 Å². The van der Waals surface area contributed by atoms with Gasteiger partial charge in [-0.2, -0.15) is 0 Å². The van der Waals surface area contributed by atoms with Gasteiger partial charge in [-0.25, -0.2) is 4.39 Å². The molecule has 2 heterocycles. The van der Waals surface area contributed by atoms with Crippen molar-refractivity contribution in [3.05, 3.63) is 94.0 Å². The lowest BCUT2D eigenvalue weighted by Crippen LogP contribution is -2.32. The van der Waals surface area contributed by atoms with Crippen LogP contribution < -0.4 is 16.4 Å². The molecule has 1 saturated heterocycles. The molecule has 0 aliphatic carbocycles. The molecule has 0 radical (unpaired) electrons. The second-order valence-electron chi connectivity index (χ2n) is 8.89. The summed E-state index contributed by atoms with van der Waals surface area (Å²) >= 11 is 0. The summed E-state index contributed by atoms with van der Waals surface area (Å²) in [5, 5.41) is 0. The van der Waals surface area contributed by atoms with E-state index in [-0.39, 0.29) is 28.9 Å². The molecule has 6 nitrogen and oxygen atoms in total. The van der Waals surface area contributed by atoms with Crippen LogP contribution in [-0.4, -0.2) is 35.4 Å². The normalized spacial score (nSPS) is 17.6. The quantitative estimate of drug-likeness (QED) is 0.412. The highest BCUT2D eigenvalue weighted by Gasteiger charge is 2.24. The van der Waals surface area contributed by atoms with E-state index in [0.29, 0.717) is 18.3 Å². The molecule has 3 aromatic rings. The van der Waals surface area contributed by atoms with E-state index in [4.69, 9.17) is 0 Å². The number of hydrogen-bond acceptors (Lipinski definition) is 4. The fraction of sp³-hybridized carbons (Fsp3) is 0.333. The van der Waals surface area contributed by atoms with Crippen LogP contribution in [0.4, 0.5) is 4.39 Å². The second kappa shape index (κ2) is 11.2. The van der Waals surface area contributed by atoms with Gasteiger partial charge in [0.1, 0.15) is 11.4 Å². The number of rotatable bonds is 9. The third-order valence-corrected chi connectivity index (χ3v) is 6.35. The average Bonchev–Trinajstić information content (AvgIpc) is 3.33. The lowest BCUT2D eigenvalue weighted by atomic mass is 9.99. The standard InChI is InChI=1S/C27H31FN4O2/c1-32(27(34)23-14-15-24(29-26(23)33)19-9-4-2-5-10-19)16-7-3-6-13-22-18-25(31-30-22)20-11-8-12-21(28)17-20/h2,4-5,8-12,14-15,17,22,25,30-31H,3,6-7,13,16,18H2,1H3,(H,29,33). The lowest BCUT2D eigenvalue weighted by molar-refractivity contribution is 0.0790. The number of nitrogens with zero attached hydrogens (tertiary/aromatic N) is 1. The maximum atomic E-state index is 13.5.